The minimum atomic E-state index is 0.130. The summed E-state index contributed by atoms with van der Waals surface area (Å²) in [5, 5.41) is 0. The van der Waals surface area contributed by atoms with E-state index in [0.29, 0.717) is 11.9 Å². The van der Waals surface area contributed by atoms with Gasteiger partial charge in [0.25, 0.3) is 0 Å². The van der Waals surface area contributed by atoms with Crippen LogP contribution in [0.15, 0.2) is 18.3 Å². The Hall–Kier alpha value is -1.84. The van der Waals surface area contributed by atoms with Crippen molar-refractivity contribution in [1.82, 2.24) is 14.3 Å². The minimum absolute atomic E-state index is 0.130. The minimum Gasteiger partial charge on any atom is -0.339 e. The molecule has 0 spiro atoms. The molecule has 3 heterocycles. The molecule has 0 radical (unpaired) electrons. The molecule has 0 N–H and O–H groups in total. The SMILES string of the molecule is CCC1CCCCN1C(=O)C1CCc2nc3cc(C)ccn3c2C1. The Morgan fingerprint density at radius 2 is 2.21 bits per heavy atom. The lowest BCUT2D eigenvalue weighted by atomic mass is 9.87. The number of hydrogen-bond acceptors (Lipinski definition) is 2. The predicted octanol–water partition coefficient (Wildman–Crippen LogP) is 3.54. The molecule has 24 heavy (non-hydrogen) atoms. The van der Waals surface area contributed by atoms with Crippen molar-refractivity contribution in [3.8, 4) is 0 Å². The summed E-state index contributed by atoms with van der Waals surface area (Å²) in [6.07, 6.45) is 9.51. The third kappa shape index (κ3) is 2.62. The van der Waals surface area contributed by atoms with Crippen LogP contribution in [-0.2, 0) is 17.6 Å². The quantitative estimate of drug-likeness (QED) is 0.847. The molecule has 1 fully saturated rings. The molecule has 2 aromatic heterocycles. The van der Waals surface area contributed by atoms with E-state index < -0.39 is 0 Å². The first-order valence-electron chi connectivity index (χ1n) is 9.44. The van der Waals surface area contributed by atoms with Gasteiger partial charge < -0.3 is 9.30 Å². The number of nitrogens with zero attached hydrogens (tertiary/aromatic N) is 3. The van der Waals surface area contributed by atoms with E-state index in [1.54, 1.807) is 0 Å². The summed E-state index contributed by atoms with van der Waals surface area (Å²) in [6.45, 7) is 5.26. The number of carbonyl (C=O) groups is 1. The maximum atomic E-state index is 13.1. The van der Waals surface area contributed by atoms with E-state index in [1.807, 2.05) is 0 Å². The van der Waals surface area contributed by atoms with Crippen molar-refractivity contribution in [2.45, 2.75) is 64.8 Å². The van der Waals surface area contributed by atoms with Gasteiger partial charge in [-0.15, -0.1) is 0 Å². The number of hydrogen-bond donors (Lipinski definition) is 0. The number of piperidine rings is 1. The standard InChI is InChI=1S/C20H27N3O/c1-3-16-6-4-5-10-22(16)20(24)15-7-8-17-18(13-15)23-11-9-14(2)12-19(23)21-17/h9,11-12,15-16H,3-8,10,13H2,1-2H3. The molecule has 1 amide bonds. The van der Waals surface area contributed by atoms with E-state index >= 15 is 0 Å². The molecule has 4 heteroatoms. The average Bonchev–Trinajstić information content (AvgIpc) is 2.97. The highest BCUT2D eigenvalue weighted by molar-refractivity contribution is 5.80. The lowest BCUT2D eigenvalue weighted by Gasteiger charge is -2.38. The van der Waals surface area contributed by atoms with Gasteiger partial charge in [0.1, 0.15) is 5.65 Å². The van der Waals surface area contributed by atoms with Gasteiger partial charge in [0.2, 0.25) is 5.91 Å². The van der Waals surface area contributed by atoms with Crippen LogP contribution < -0.4 is 0 Å². The van der Waals surface area contributed by atoms with Crippen molar-refractivity contribution in [3.05, 3.63) is 35.3 Å². The number of likely N-dealkylation sites (tertiary alicyclic amines) is 1. The van der Waals surface area contributed by atoms with Crippen LogP contribution >= 0.6 is 0 Å². The fourth-order valence-corrected chi connectivity index (χ4v) is 4.47. The van der Waals surface area contributed by atoms with Crippen LogP contribution in [0.25, 0.3) is 5.65 Å². The second-order valence-electron chi connectivity index (χ2n) is 7.47. The maximum Gasteiger partial charge on any atom is 0.226 e. The normalized spacial score (nSPS) is 24.2. The molecule has 1 aliphatic heterocycles. The van der Waals surface area contributed by atoms with E-state index in [4.69, 9.17) is 4.98 Å². The van der Waals surface area contributed by atoms with Gasteiger partial charge in [-0.2, -0.15) is 0 Å². The number of carbonyl (C=O) groups excluding carboxylic acids is 1. The molecule has 4 nitrogen and oxygen atoms in total. The van der Waals surface area contributed by atoms with Crippen LogP contribution in [0.3, 0.4) is 0 Å². The first kappa shape index (κ1) is 15.7. The third-order valence-corrected chi connectivity index (χ3v) is 5.86. The molecule has 2 atom stereocenters. The molecule has 1 saturated heterocycles. The molecule has 2 aliphatic rings. The smallest absolute Gasteiger partial charge is 0.226 e. The molecule has 2 aromatic rings. The number of rotatable bonds is 2. The molecule has 128 valence electrons. The fourth-order valence-electron chi connectivity index (χ4n) is 4.47. The van der Waals surface area contributed by atoms with Gasteiger partial charge in [0, 0.05) is 36.8 Å². The summed E-state index contributed by atoms with van der Waals surface area (Å²) in [4.78, 5) is 20.1. The van der Waals surface area contributed by atoms with Crippen LogP contribution in [0.2, 0.25) is 0 Å². The van der Waals surface area contributed by atoms with Gasteiger partial charge in [-0.3, -0.25) is 4.79 Å². The number of fused-ring (bicyclic) bond motifs is 3. The number of aryl methyl sites for hydroxylation is 2. The van der Waals surface area contributed by atoms with E-state index in [-0.39, 0.29) is 5.92 Å². The number of amides is 1. The van der Waals surface area contributed by atoms with Crippen molar-refractivity contribution in [1.29, 1.82) is 0 Å². The van der Waals surface area contributed by atoms with Crippen LogP contribution in [0.1, 0.15) is 56.0 Å². The number of aromatic nitrogens is 2. The Morgan fingerprint density at radius 3 is 3.04 bits per heavy atom. The molecule has 1 aliphatic carbocycles. The summed E-state index contributed by atoms with van der Waals surface area (Å²) < 4.78 is 2.19. The van der Waals surface area contributed by atoms with Gasteiger partial charge >= 0.3 is 0 Å². The molecule has 2 unspecified atom stereocenters. The Labute approximate surface area is 143 Å². The summed E-state index contributed by atoms with van der Waals surface area (Å²) in [5.41, 5.74) is 4.70. The average molecular weight is 325 g/mol. The second kappa shape index (κ2) is 6.23. The predicted molar refractivity (Wildman–Crippen MR) is 95.1 cm³/mol. The highest BCUT2D eigenvalue weighted by Crippen LogP contribution is 2.30. The van der Waals surface area contributed by atoms with Gasteiger partial charge in [-0.25, -0.2) is 4.98 Å². The van der Waals surface area contributed by atoms with E-state index in [2.05, 4.69) is 41.5 Å². The lowest BCUT2D eigenvalue weighted by Crippen LogP contribution is -2.47. The molecular formula is C20H27N3O. The zero-order chi connectivity index (χ0) is 16.7. The van der Waals surface area contributed by atoms with Crippen LogP contribution in [0.5, 0.6) is 0 Å². The monoisotopic (exact) mass is 325 g/mol. The largest absolute Gasteiger partial charge is 0.339 e. The Morgan fingerprint density at radius 1 is 1.33 bits per heavy atom. The Kier molecular flexibility index (Phi) is 4.07. The fraction of sp³-hybridized carbons (Fsp3) is 0.600. The van der Waals surface area contributed by atoms with E-state index in [0.717, 1.165) is 44.3 Å². The van der Waals surface area contributed by atoms with E-state index in [1.165, 1.54) is 29.8 Å². The number of pyridine rings is 1. The summed E-state index contributed by atoms with van der Waals surface area (Å²) >= 11 is 0. The molecule has 0 saturated carbocycles. The second-order valence-corrected chi connectivity index (χ2v) is 7.47. The van der Waals surface area contributed by atoms with Crippen molar-refractivity contribution in [3.63, 3.8) is 0 Å². The van der Waals surface area contributed by atoms with Gasteiger partial charge in [0.05, 0.1) is 5.69 Å². The van der Waals surface area contributed by atoms with Gasteiger partial charge in [-0.1, -0.05) is 6.92 Å². The first-order valence-corrected chi connectivity index (χ1v) is 9.44. The zero-order valence-electron chi connectivity index (χ0n) is 14.8. The zero-order valence-corrected chi connectivity index (χ0v) is 14.8. The first-order chi connectivity index (χ1) is 11.7. The third-order valence-electron chi connectivity index (χ3n) is 5.86. The molecule has 4 rings (SSSR count). The Bertz CT molecular complexity index is 764. The highest BCUT2D eigenvalue weighted by Gasteiger charge is 2.34. The summed E-state index contributed by atoms with van der Waals surface area (Å²) in [6, 6.07) is 4.71. The van der Waals surface area contributed by atoms with Crippen molar-refractivity contribution in [2.24, 2.45) is 5.92 Å². The molecule has 0 aromatic carbocycles. The molecular weight excluding hydrogens is 298 g/mol. The van der Waals surface area contributed by atoms with Crippen LogP contribution in [-0.4, -0.2) is 32.8 Å². The van der Waals surface area contributed by atoms with Gasteiger partial charge in [-0.05, 0) is 63.1 Å². The van der Waals surface area contributed by atoms with Crippen LogP contribution in [0, 0.1) is 12.8 Å². The van der Waals surface area contributed by atoms with Crippen LogP contribution in [0.4, 0.5) is 0 Å². The summed E-state index contributed by atoms with van der Waals surface area (Å²) in [5.74, 6) is 0.514. The van der Waals surface area contributed by atoms with E-state index in [9.17, 15) is 4.79 Å². The number of imidazole rings is 1. The van der Waals surface area contributed by atoms with Crippen molar-refractivity contribution < 1.29 is 4.79 Å². The summed E-state index contributed by atoms with van der Waals surface area (Å²) in [7, 11) is 0. The van der Waals surface area contributed by atoms with Crippen molar-refractivity contribution in [2.75, 3.05) is 6.54 Å². The highest BCUT2D eigenvalue weighted by atomic mass is 16.2. The maximum absolute atomic E-state index is 13.1. The lowest BCUT2D eigenvalue weighted by molar-refractivity contribution is -0.139. The topological polar surface area (TPSA) is 37.6 Å². The van der Waals surface area contributed by atoms with Gasteiger partial charge in [0.15, 0.2) is 0 Å². The Balaban J connectivity index is 1.59. The molecule has 0 bridgehead atoms. The van der Waals surface area contributed by atoms with Crippen molar-refractivity contribution >= 4 is 11.6 Å².